The summed E-state index contributed by atoms with van der Waals surface area (Å²) in [6.45, 7) is 10.9. The van der Waals surface area contributed by atoms with Crippen molar-refractivity contribution >= 4 is 17.3 Å². The third-order valence-electron chi connectivity index (χ3n) is 4.49. The lowest BCUT2D eigenvalue weighted by atomic mass is 10.00. The molecule has 2 aromatic carbocycles. The summed E-state index contributed by atoms with van der Waals surface area (Å²) < 4.78 is 0. The summed E-state index contributed by atoms with van der Waals surface area (Å²) in [4.78, 5) is 33.5. The number of aryl methyl sites for hydroxylation is 3. The Morgan fingerprint density at radius 3 is 0.889 bits per heavy atom. The Hall–Kier alpha value is -2.55. The maximum Gasteiger partial charge on any atom is 0.159 e. The van der Waals surface area contributed by atoms with Crippen molar-refractivity contribution in [3.8, 4) is 0 Å². The first-order valence-corrected chi connectivity index (χ1v) is 9.51. The molecule has 3 nitrogen and oxygen atoms in total. The van der Waals surface area contributed by atoms with Crippen molar-refractivity contribution < 1.29 is 14.4 Å². The molecule has 0 saturated carbocycles. The predicted octanol–water partition coefficient (Wildman–Crippen LogP) is 5.67. The largest absolute Gasteiger partial charge is 0.295 e. The number of carbonyl (C=O) groups is 3. The molecule has 0 fully saturated rings. The van der Waals surface area contributed by atoms with Crippen LogP contribution < -0.4 is 0 Å². The molecule has 0 N–H and O–H groups in total. The van der Waals surface area contributed by atoms with Crippen molar-refractivity contribution in [3.05, 3.63) is 69.8 Å². The Bertz CT molecular complexity index is 697. The van der Waals surface area contributed by atoms with E-state index in [0.717, 1.165) is 19.3 Å². The third-order valence-corrected chi connectivity index (χ3v) is 4.49. The Labute approximate surface area is 162 Å². The third kappa shape index (κ3) is 6.93. The number of carbonyl (C=O) groups excluding carboxylic acids is 3. The molecule has 0 heterocycles. The van der Waals surface area contributed by atoms with E-state index in [-0.39, 0.29) is 17.3 Å². The summed E-state index contributed by atoms with van der Waals surface area (Å²) in [5.41, 5.74) is 5.62. The molecule has 0 aliphatic rings. The van der Waals surface area contributed by atoms with Gasteiger partial charge in [0.1, 0.15) is 0 Å². The van der Waals surface area contributed by atoms with Crippen molar-refractivity contribution in [2.24, 2.45) is 0 Å². The normalized spacial score (nSPS) is 10.0. The van der Waals surface area contributed by atoms with Gasteiger partial charge >= 0.3 is 0 Å². The zero-order valence-corrected chi connectivity index (χ0v) is 17.3. The first-order valence-electron chi connectivity index (χ1n) is 9.51. The van der Waals surface area contributed by atoms with E-state index in [1.165, 1.54) is 55.7 Å². The van der Waals surface area contributed by atoms with E-state index >= 15 is 0 Å². The van der Waals surface area contributed by atoms with Crippen molar-refractivity contribution in [2.75, 3.05) is 0 Å². The topological polar surface area (TPSA) is 51.2 Å². The van der Waals surface area contributed by atoms with Gasteiger partial charge in [0.25, 0.3) is 0 Å². The van der Waals surface area contributed by atoms with Crippen LogP contribution in [0.5, 0.6) is 0 Å². The minimum absolute atomic E-state index is 0.152. The molecule has 0 bridgehead atoms. The molecular weight excluding hydrogens is 336 g/mol. The molecular formula is C24H30O3. The SMILES string of the molecule is CC(=O)c1cc(C(C)=O)cc(C(C)=O)c1.CCc1cc(CC)cc(CC)c1. The molecule has 0 aliphatic carbocycles. The van der Waals surface area contributed by atoms with Crippen molar-refractivity contribution in [3.63, 3.8) is 0 Å². The fourth-order valence-corrected chi connectivity index (χ4v) is 2.69. The zero-order valence-electron chi connectivity index (χ0n) is 17.3. The van der Waals surface area contributed by atoms with E-state index in [1.807, 2.05) is 0 Å². The summed E-state index contributed by atoms with van der Waals surface area (Å²) in [5, 5.41) is 0. The molecule has 27 heavy (non-hydrogen) atoms. The van der Waals surface area contributed by atoms with E-state index in [2.05, 4.69) is 39.0 Å². The molecule has 0 saturated heterocycles. The molecule has 2 aromatic rings. The second kappa shape index (κ2) is 10.6. The van der Waals surface area contributed by atoms with Crippen LogP contribution in [0.25, 0.3) is 0 Å². The molecule has 0 aromatic heterocycles. The number of benzene rings is 2. The summed E-state index contributed by atoms with van der Waals surface area (Å²) in [7, 11) is 0. The first kappa shape index (κ1) is 22.5. The summed E-state index contributed by atoms with van der Waals surface area (Å²) in [5.74, 6) is -0.457. The van der Waals surface area contributed by atoms with Gasteiger partial charge in [-0.3, -0.25) is 14.4 Å². The van der Waals surface area contributed by atoms with Crippen molar-refractivity contribution in [1.82, 2.24) is 0 Å². The Morgan fingerprint density at radius 2 is 0.741 bits per heavy atom. The van der Waals surface area contributed by atoms with Crippen LogP contribution in [0.4, 0.5) is 0 Å². The van der Waals surface area contributed by atoms with E-state index in [0.29, 0.717) is 16.7 Å². The van der Waals surface area contributed by atoms with Gasteiger partial charge in [-0.05, 0) is 74.9 Å². The van der Waals surface area contributed by atoms with Gasteiger partial charge in [-0.15, -0.1) is 0 Å². The van der Waals surface area contributed by atoms with E-state index in [1.54, 1.807) is 0 Å². The van der Waals surface area contributed by atoms with Gasteiger partial charge in [-0.2, -0.15) is 0 Å². The molecule has 0 unspecified atom stereocenters. The van der Waals surface area contributed by atoms with Gasteiger partial charge in [-0.25, -0.2) is 0 Å². The minimum atomic E-state index is -0.152. The average Bonchev–Trinajstić information content (AvgIpc) is 2.67. The number of ketones is 3. The molecule has 3 heteroatoms. The van der Waals surface area contributed by atoms with Crippen LogP contribution in [0.2, 0.25) is 0 Å². The second-order valence-electron chi connectivity index (χ2n) is 6.69. The highest BCUT2D eigenvalue weighted by atomic mass is 16.1. The average molecular weight is 367 g/mol. The number of hydrogen-bond donors (Lipinski definition) is 0. The summed E-state index contributed by atoms with van der Waals surface area (Å²) in [6, 6.07) is 11.5. The van der Waals surface area contributed by atoms with Crippen LogP contribution in [0.3, 0.4) is 0 Å². The minimum Gasteiger partial charge on any atom is -0.295 e. The Morgan fingerprint density at radius 1 is 0.519 bits per heavy atom. The maximum atomic E-state index is 11.2. The lowest BCUT2D eigenvalue weighted by Gasteiger charge is -2.05. The molecule has 0 aliphatic heterocycles. The van der Waals surface area contributed by atoms with Gasteiger partial charge < -0.3 is 0 Å². The zero-order chi connectivity index (χ0) is 20.6. The predicted molar refractivity (Wildman–Crippen MR) is 111 cm³/mol. The lowest BCUT2D eigenvalue weighted by Crippen LogP contribution is -2.03. The first-order chi connectivity index (χ1) is 12.7. The Balaban J connectivity index is 0.000000277. The van der Waals surface area contributed by atoms with Crippen LogP contribution in [0.1, 0.15) is 89.3 Å². The molecule has 2 rings (SSSR count). The number of rotatable bonds is 6. The van der Waals surface area contributed by atoms with Crippen LogP contribution >= 0.6 is 0 Å². The number of hydrogen-bond acceptors (Lipinski definition) is 3. The Kier molecular flexibility index (Phi) is 8.80. The van der Waals surface area contributed by atoms with Gasteiger partial charge in [0.15, 0.2) is 17.3 Å². The van der Waals surface area contributed by atoms with Gasteiger partial charge in [0, 0.05) is 16.7 Å². The second-order valence-corrected chi connectivity index (χ2v) is 6.69. The smallest absolute Gasteiger partial charge is 0.159 e. The van der Waals surface area contributed by atoms with Gasteiger partial charge in [0.05, 0.1) is 0 Å². The molecule has 144 valence electrons. The van der Waals surface area contributed by atoms with Crippen LogP contribution in [-0.2, 0) is 19.3 Å². The van der Waals surface area contributed by atoms with Crippen molar-refractivity contribution in [2.45, 2.75) is 60.8 Å². The molecule has 0 atom stereocenters. The molecule has 0 amide bonds. The standard InChI is InChI=1S/C12H12O3.C12H18/c1-7(13)10-4-11(8(2)14)6-12(5-10)9(3)15;1-4-10-7-11(5-2)9-12(6-3)8-10/h4-6H,1-3H3;7-9H,4-6H2,1-3H3. The van der Waals surface area contributed by atoms with Crippen molar-refractivity contribution in [1.29, 1.82) is 0 Å². The fraction of sp³-hybridized carbons (Fsp3) is 0.375. The van der Waals surface area contributed by atoms with Gasteiger partial charge in [0.2, 0.25) is 0 Å². The van der Waals surface area contributed by atoms with Crippen LogP contribution in [0, 0.1) is 0 Å². The highest BCUT2D eigenvalue weighted by Crippen LogP contribution is 2.13. The van der Waals surface area contributed by atoms with E-state index in [4.69, 9.17) is 0 Å². The summed E-state index contributed by atoms with van der Waals surface area (Å²) >= 11 is 0. The van der Waals surface area contributed by atoms with Crippen LogP contribution in [-0.4, -0.2) is 17.3 Å². The van der Waals surface area contributed by atoms with Crippen LogP contribution in [0.15, 0.2) is 36.4 Å². The summed E-state index contributed by atoms with van der Waals surface area (Å²) in [6.07, 6.45) is 3.46. The van der Waals surface area contributed by atoms with E-state index in [9.17, 15) is 14.4 Å². The molecule has 0 radical (unpaired) electrons. The fourth-order valence-electron chi connectivity index (χ4n) is 2.69. The number of Topliss-reactive ketones (excluding diaryl/α,β-unsaturated/α-hetero) is 3. The quantitative estimate of drug-likeness (QED) is 0.619. The highest BCUT2D eigenvalue weighted by Gasteiger charge is 2.09. The monoisotopic (exact) mass is 366 g/mol. The van der Waals surface area contributed by atoms with E-state index < -0.39 is 0 Å². The maximum absolute atomic E-state index is 11.2. The van der Waals surface area contributed by atoms with Gasteiger partial charge in [-0.1, -0.05) is 39.0 Å². The molecule has 0 spiro atoms. The highest BCUT2D eigenvalue weighted by molar-refractivity contribution is 6.04. The lowest BCUT2D eigenvalue weighted by molar-refractivity contribution is 0.101.